The Morgan fingerprint density at radius 1 is 1.46 bits per heavy atom. The monoisotopic (exact) mass is 312 g/mol. The second-order valence-corrected chi connectivity index (χ2v) is 3.98. The lowest BCUT2D eigenvalue weighted by molar-refractivity contribution is 0.280. The van der Waals surface area contributed by atoms with Gasteiger partial charge in [-0.15, -0.1) is 11.6 Å². The second kappa shape index (κ2) is 5.02. The molecule has 0 saturated carbocycles. The van der Waals surface area contributed by atoms with Gasteiger partial charge in [0.2, 0.25) is 0 Å². The summed E-state index contributed by atoms with van der Waals surface area (Å²) in [5.74, 6) is 1.17. The molecule has 0 bridgehead atoms. The first-order valence-electron chi connectivity index (χ1n) is 3.75. The molecule has 0 saturated heterocycles. The maximum Gasteiger partial charge on any atom is 0.124 e. The van der Waals surface area contributed by atoms with Gasteiger partial charge in [0, 0.05) is 9.13 Å². The summed E-state index contributed by atoms with van der Waals surface area (Å²) in [7, 11) is 1.61. The van der Waals surface area contributed by atoms with Crippen LogP contribution in [0.4, 0.5) is 0 Å². The Kier molecular flexibility index (Phi) is 4.28. The van der Waals surface area contributed by atoms with Crippen molar-refractivity contribution in [1.82, 2.24) is 0 Å². The van der Waals surface area contributed by atoms with E-state index >= 15 is 0 Å². The lowest BCUT2D eigenvalue weighted by Gasteiger charge is -2.09. The van der Waals surface area contributed by atoms with Crippen molar-refractivity contribution in [2.45, 2.75) is 12.5 Å². The summed E-state index contributed by atoms with van der Waals surface area (Å²) in [6.45, 7) is 0.0339. The molecule has 72 valence electrons. The van der Waals surface area contributed by atoms with Gasteiger partial charge in [0.25, 0.3) is 0 Å². The van der Waals surface area contributed by atoms with Crippen molar-refractivity contribution in [3.63, 3.8) is 0 Å². The van der Waals surface area contributed by atoms with Crippen molar-refractivity contribution in [3.05, 3.63) is 26.8 Å². The highest BCUT2D eigenvalue weighted by Gasteiger charge is 2.06. The number of halogens is 2. The van der Waals surface area contributed by atoms with Crippen LogP contribution in [0.5, 0.6) is 5.75 Å². The molecule has 0 aliphatic rings. The normalized spacial score (nSPS) is 10.2. The Hall–Kier alpha value is -0.000000000000000167. The van der Waals surface area contributed by atoms with Gasteiger partial charge in [-0.05, 0) is 40.3 Å². The van der Waals surface area contributed by atoms with Gasteiger partial charge in [-0.25, -0.2) is 0 Å². The van der Waals surface area contributed by atoms with Crippen molar-refractivity contribution in [1.29, 1.82) is 0 Å². The van der Waals surface area contributed by atoms with Crippen molar-refractivity contribution in [2.75, 3.05) is 7.11 Å². The number of hydrogen-bond donors (Lipinski definition) is 1. The SMILES string of the molecule is COc1cc(I)c(CO)cc1CCl. The fraction of sp³-hybridized carbons (Fsp3) is 0.333. The Bertz CT molecular complexity index is 302. The minimum atomic E-state index is 0.0339. The molecule has 0 unspecified atom stereocenters. The molecule has 0 aliphatic carbocycles. The molecular formula is C9H10ClIO2. The van der Waals surface area contributed by atoms with Crippen LogP contribution in [-0.4, -0.2) is 12.2 Å². The van der Waals surface area contributed by atoms with Crippen molar-refractivity contribution >= 4 is 34.2 Å². The number of ether oxygens (including phenoxy) is 1. The van der Waals surface area contributed by atoms with E-state index in [1.54, 1.807) is 7.11 Å². The summed E-state index contributed by atoms with van der Waals surface area (Å²) in [5, 5.41) is 9.01. The number of aliphatic hydroxyl groups excluding tert-OH is 1. The number of rotatable bonds is 3. The molecule has 2 nitrogen and oxygen atoms in total. The minimum absolute atomic E-state index is 0.0339. The zero-order valence-electron chi connectivity index (χ0n) is 7.18. The highest BCUT2D eigenvalue weighted by molar-refractivity contribution is 14.1. The van der Waals surface area contributed by atoms with E-state index in [9.17, 15) is 0 Å². The maximum absolute atomic E-state index is 9.01. The third-order valence-electron chi connectivity index (χ3n) is 1.76. The number of hydrogen-bond acceptors (Lipinski definition) is 2. The van der Waals surface area contributed by atoms with Gasteiger partial charge in [-0.1, -0.05) is 0 Å². The zero-order valence-corrected chi connectivity index (χ0v) is 10.1. The third-order valence-corrected chi connectivity index (χ3v) is 3.06. The van der Waals surface area contributed by atoms with Gasteiger partial charge in [0.05, 0.1) is 19.6 Å². The number of alkyl halides is 1. The number of aliphatic hydroxyl groups is 1. The number of benzene rings is 1. The van der Waals surface area contributed by atoms with E-state index < -0.39 is 0 Å². The first-order valence-corrected chi connectivity index (χ1v) is 5.36. The largest absolute Gasteiger partial charge is 0.496 e. The van der Waals surface area contributed by atoms with E-state index in [0.717, 1.165) is 20.4 Å². The van der Waals surface area contributed by atoms with Crippen LogP contribution in [-0.2, 0) is 12.5 Å². The lowest BCUT2D eigenvalue weighted by Crippen LogP contribution is -1.95. The molecule has 0 amide bonds. The average Bonchev–Trinajstić information content (AvgIpc) is 2.17. The van der Waals surface area contributed by atoms with Crippen LogP contribution < -0.4 is 4.74 Å². The Morgan fingerprint density at radius 3 is 2.62 bits per heavy atom. The van der Waals surface area contributed by atoms with Gasteiger partial charge >= 0.3 is 0 Å². The van der Waals surface area contributed by atoms with Gasteiger partial charge in [0.1, 0.15) is 5.75 Å². The number of methoxy groups -OCH3 is 1. The molecule has 0 aliphatic heterocycles. The van der Waals surface area contributed by atoms with E-state index in [1.807, 2.05) is 12.1 Å². The highest BCUT2D eigenvalue weighted by Crippen LogP contribution is 2.26. The molecule has 0 aromatic heterocycles. The molecule has 13 heavy (non-hydrogen) atoms. The molecular weight excluding hydrogens is 302 g/mol. The van der Waals surface area contributed by atoms with Crippen LogP contribution in [0.3, 0.4) is 0 Å². The Balaban J connectivity index is 3.18. The summed E-state index contributed by atoms with van der Waals surface area (Å²) in [5.41, 5.74) is 1.80. The van der Waals surface area contributed by atoms with Crippen LogP contribution in [0.15, 0.2) is 12.1 Å². The minimum Gasteiger partial charge on any atom is -0.496 e. The van der Waals surface area contributed by atoms with E-state index in [-0.39, 0.29) is 6.61 Å². The van der Waals surface area contributed by atoms with E-state index in [2.05, 4.69) is 22.6 Å². The van der Waals surface area contributed by atoms with Crippen molar-refractivity contribution in [3.8, 4) is 5.75 Å². The summed E-state index contributed by atoms with van der Waals surface area (Å²) < 4.78 is 6.14. The van der Waals surface area contributed by atoms with Crippen LogP contribution in [0.25, 0.3) is 0 Å². The first kappa shape index (κ1) is 11.1. The predicted octanol–water partition coefficient (Wildman–Crippen LogP) is 2.53. The molecule has 1 rings (SSSR count). The van der Waals surface area contributed by atoms with Crippen LogP contribution >= 0.6 is 34.2 Å². The summed E-state index contributed by atoms with van der Waals surface area (Å²) in [4.78, 5) is 0. The second-order valence-electron chi connectivity index (χ2n) is 2.55. The Morgan fingerprint density at radius 2 is 2.15 bits per heavy atom. The third kappa shape index (κ3) is 2.48. The summed E-state index contributed by atoms with van der Waals surface area (Å²) in [6.07, 6.45) is 0. The van der Waals surface area contributed by atoms with Crippen molar-refractivity contribution in [2.24, 2.45) is 0 Å². The molecule has 4 heteroatoms. The van der Waals surface area contributed by atoms with Crippen LogP contribution in [0, 0.1) is 3.57 Å². The predicted molar refractivity (Wildman–Crippen MR) is 61.2 cm³/mol. The quantitative estimate of drug-likeness (QED) is 0.686. The fourth-order valence-electron chi connectivity index (χ4n) is 1.07. The molecule has 1 aromatic carbocycles. The Labute approximate surface area is 96.0 Å². The maximum atomic E-state index is 9.01. The molecule has 0 radical (unpaired) electrons. The molecule has 0 fully saturated rings. The van der Waals surface area contributed by atoms with E-state index in [4.69, 9.17) is 21.4 Å². The van der Waals surface area contributed by atoms with E-state index in [1.165, 1.54) is 0 Å². The molecule has 0 atom stereocenters. The standard InChI is InChI=1S/C9H10ClIO2/c1-13-9-3-8(11)7(5-12)2-6(9)4-10/h2-3,12H,4-5H2,1H3. The fourth-order valence-corrected chi connectivity index (χ4v) is 1.88. The molecule has 0 heterocycles. The van der Waals surface area contributed by atoms with Crippen molar-refractivity contribution < 1.29 is 9.84 Å². The summed E-state index contributed by atoms with van der Waals surface area (Å²) in [6, 6.07) is 3.75. The lowest BCUT2D eigenvalue weighted by atomic mass is 10.1. The molecule has 1 N–H and O–H groups in total. The van der Waals surface area contributed by atoms with Gasteiger partial charge in [0.15, 0.2) is 0 Å². The highest BCUT2D eigenvalue weighted by atomic mass is 127. The van der Waals surface area contributed by atoms with Crippen LogP contribution in [0.2, 0.25) is 0 Å². The topological polar surface area (TPSA) is 29.5 Å². The molecule has 0 spiro atoms. The average molecular weight is 313 g/mol. The van der Waals surface area contributed by atoms with Gasteiger partial charge in [-0.3, -0.25) is 0 Å². The van der Waals surface area contributed by atoms with Crippen LogP contribution in [0.1, 0.15) is 11.1 Å². The van der Waals surface area contributed by atoms with Gasteiger partial charge < -0.3 is 9.84 Å². The molecule has 1 aromatic rings. The zero-order chi connectivity index (χ0) is 9.84. The summed E-state index contributed by atoms with van der Waals surface area (Å²) >= 11 is 7.89. The smallest absolute Gasteiger partial charge is 0.124 e. The first-order chi connectivity index (χ1) is 6.22. The van der Waals surface area contributed by atoms with Gasteiger partial charge in [-0.2, -0.15) is 0 Å². The van der Waals surface area contributed by atoms with E-state index in [0.29, 0.717) is 5.88 Å².